The summed E-state index contributed by atoms with van der Waals surface area (Å²) in [6, 6.07) is 17.4. The molecule has 0 aromatic heterocycles. The van der Waals surface area contributed by atoms with E-state index in [9.17, 15) is 21.6 Å². The summed E-state index contributed by atoms with van der Waals surface area (Å²) in [7, 11) is -8.48. The van der Waals surface area contributed by atoms with Gasteiger partial charge in [-0.05, 0) is 55.5 Å². The third kappa shape index (κ3) is 3.99. The van der Waals surface area contributed by atoms with Gasteiger partial charge in [0.25, 0.3) is 26.0 Å². The minimum Gasteiger partial charge on any atom is -0.266 e. The van der Waals surface area contributed by atoms with Crippen LogP contribution in [-0.2, 0) is 20.0 Å². The van der Waals surface area contributed by atoms with Gasteiger partial charge in [0.1, 0.15) is 4.90 Å². The van der Waals surface area contributed by atoms with E-state index >= 15 is 0 Å². The van der Waals surface area contributed by atoms with E-state index < -0.39 is 26.0 Å². The van der Waals surface area contributed by atoms with Crippen molar-refractivity contribution in [1.82, 2.24) is 9.84 Å². The summed E-state index contributed by atoms with van der Waals surface area (Å²) < 4.78 is 55.6. The highest BCUT2D eigenvalue weighted by Crippen LogP contribution is 2.26. The average Bonchev–Trinajstić information content (AvgIpc) is 3.02. The van der Waals surface area contributed by atoms with E-state index in [1.165, 1.54) is 54.6 Å². The van der Waals surface area contributed by atoms with Crippen LogP contribution in [0, 0.1) is 6.92 Å². The van der Waals surface area contributed by atoms with Gasteiger partial charge in [-0.15, -0.1) is 8.81 Å². The molecule has 0 saturated heterocycles. The Morgan fingerprint density at radius 1 is 0.969 bits per heavy atom. The van der Waals surface area contributed by atoms with Crippen molar-refractivity contribution >= 4 is 43.4 Å². The summed E-state index contributed by atoms with van der Waals surface area (Å²) in [5.74, 6) is -1.22. The molecule has 1 amide bonds. The Kier molecular flexibility index (Phi) is 5.53. The van der Waals surface area contributed by atoms with Crippen LogP contribution in [0.5, 0.6) is 0 Å². The van der Waals surface area contributed by atoms with E-state index in [1.807, 2.05) is 0 Å². The number of nitrogens with one attached hydrogen (secondary N) is 1. The van der Waals surface area contributed by atoms with Crippen molar-refractivity contribution in [1.29, 1.82) is 0 Å². The van der Waals surface area contributed by atoms with Gasteiger partial charge in [-0.1, -0.05) is 41.4 Å². The van der Waals surface area contributed by atoms with Crippen LogP contribution in [0.3, 0.4) is 0 Å². The number of amidine groups is 1. The molecule has 4 rings (SSSR count). The number of carbonyl (C=O) groups excluding carboxylic acids is 1. The highest BCUT2D eigenvalue weighted by Gasteiger charge is 2.36. The van der Waals surface area contributed by atoms with Crippen LogP contribution in [0.1, 0.15) is 21.5 Å². The van der Waals surface area contributed by atoms with E-state index in [0.29, 0.717) is 9.44 Å². The van der Waals surface area contributed by atoms with Gasteiger partial charge in [-0.3, -0.25) is 10.2 Å². The first kappa shape index (κ1) is 22.0. The van der Waals surface area contributed by atoms with Gasteiger partial charge >= 0.3 is 0 Å². The van der Waals surface area contributed by atoms with E-state index in [1.54, 1.807) is 25.1 Å². The number of hydrogen-bond donors (Lipinski definition) is 1. The molecule has 3 aromatic carbocycles. The number of sulfonamides is 2. The number of hydrogen-bond acceptors (Lipinski definition) is 6. The summed E-state index contributed by atoms with van der Waals surface area (Å²) in [5, 5.41) is 0.364. The molecule has 0 unspecified atom stereocenters. The summed E-state index contributed by atoms with van der Waals surface area (Å²) in [4.78, 5) is 13.0. The fourth-order valence-corrected chi connectivity index (χ4v) is 5.55. The van der Waals surface area contributed by atoms with Gasteiger partial charge in [0.15, 0.2) is 5.84 Å². The highest BCUT2D eigenvalue weighted by atomic mass is 35.5. The van der Waals surface area contributed by atoms with Crippen LogP contribution in [0.2, 0.25) is 5.02 Å². The van der Waals surface area contributed by atoms with Crippen LogP contribution < -0.4 is 5.43 Å². The fraction of sp³-hybridized carbons (Fsp3) is 0.0476. The molecule has 0 radical (unpaired) electrons. The first-order valence-electron chi connectivity index (χ1n) is 9.22. The molecule has 0 aliphatic carbocycles. The van der Waals surface area contributed by atoms with Crippen LogP contribution in [0.25, 0.3) is 0 Å². The average molecular weight is 490 g/mol. The number of hydrazine groups is 1. The highest BCUT2D eigenvalue weighted by molar-refractivity contribution is 7.91. The maximum Gasteiger partial charge on any atom is 0.286 e. The quantitative estimate of drug-likeness (QED) is 0.565. The zero-order valence-corrected chi connectivity index (χ0v) is 18.9. The van der Waals surface area contributed by atoms with Crippen molar-refractivity contribution in [3.05, 3.63) is 94.5 Å². The molecule has 0 atom stereocenters. The van der Waals surface area contributed by atoms with Gasteiger partial charge in [-0.2, -0.15) is 16.8 Å². The van der Waals surface area contributed by atoms with Crippen molar-refractivity contribution in [2.45, 2.75) is 16.7 Å². The number of aryl methyl sites for hydroxylation is 1. The predicted molar refractivity (Wildman–Crippen MR) is 119 cm³/mol. The maximum absolute atomic E-state index is 13.4. The number of benzene rings is 3. The van der Waals surface area contributed by atoms with Crippen LogP contribution in [-0.4, -0.2) is 33.0 Å². The first-order valence-corrected chi connectivity index (χ1v) is 12.5. The molecule has 1 heterocycles. The largest absolute Gasteiger partial charge is 0.286 e. The zero-order chi connectivity index (χ0) is 23.1. The molecule has 1 aliphatic heterocycles. The molecular formula is C21H16ClN3O5S2. The van der Waals surface area contributed by atoms with E-state index in [0.717, 1.165) is 5.56 Å². The lowest BCUT2D eigenvalue weighted by Crippen LogP contribution is -2.49. The SMILES string of the molecule is Cc1ccc(S(=O)(=O)N(NC2=NS(=O)(=O)c3ccccc32)C(=O)c2ccc(Cl)cc2)cc1. The van der Waals surface area contributed by atoms with E-state index in [2.05, 4.69) is 9.82 Å². The number of fused-ring (bicyclic) bond motifs is 1. The van der Waals surface area contributed by atoms with Crippen molar-refractivity contribution in [3.63, 3.8) is 0 Å². The Morgan fingerprint density at radius 3 is 2.25 bits per heavy atom. The lowest BCUT2D eigenvalue weighted by molar-refractivity contribution is 0.0838. The Hall–Kier alpha value is -3.21. The predicted octanol–water partition coefficient (Wildman–Crippen LogP) is 3.13. The lowest BCUT2D eigenvalue weighted by atomic mass is 10.2. The van der Waals surface area contributed by atoms with Crippen molar-refractivity contribution in [2.24, 2.45) is 4.40 Å². The molecule has 0 fully saturated rings. The lowest BCUT2D eigenvalue weighted by Gasteiger charge is -2.24. The van der Waals surface area contributed by atoms with Crippen molar-refractivity contribution < 1.29 is 21.6 Å². The second-order valence-electron chi connectivity index (χ2n) is 6.92. The molecule has 0 saturated carbocycles. The Balaban J connectivity index is 1.82. The second-order valence-corrected chi connectivity index (χ2v) is 10.7. The molecule has 8 nitrogen and oxygen atoms in total. The van der Waals surface area contributed by atoms with E-state index in [-0.39, 0.29) is 26.8 Å². The number of carbonyl (C=O) groups is 1. The minimum absolute atomic E-state index is 0.0207. The zero-order valence-electron chi connectivity index (χ0n) is 16.6. The van der Waals surface area contributed by atoms with Crippen LogP contribution in [0.15, 0.2) is 87.0 Å². The molecule has 0 spiro atoms. The van der Waals surface area contributed by atoms with Gasteiger partial charge in [0, 0.05) is 16.1 Å². The number of nitrogens with zero attached hydrogens (tertiary/aromatic N) is 2. The smallest absolute Gasteiger partial charge is 0.266 e. The Morgan fingerprint density at radius 2 is 1.59 bits per heavy atom. The summed E-state index contributed by atoms with van der Waals surface area (Å²) in [6.45, 7) is 1.79. The molecule has 32 heavy (non-hydrogen) atoms. The van der Waals surface area contributed by atoms with Crippen LogP contribution in [0.4, 0.5) is 0 Å². The normalized spacial score (nSPS) is 14.4. The van der Waals surface area contributed by atoms with E-state index in [4.69, 9.17) is 11.6 Å². The minimum atomic E-state index is -4.44. The van der Waals surface area contributed by atoms with Gasteiger partial charge in [0.05, 0.1) is 4.90 Å². The molecule has 3 aromatic rings. The molecule has 1 N–H and O–H groups in total. The molecular weight excluding hydrogens is 474 g/mol. The second kappa shape index (κ2) is 8.05. The van der Waals surface area contributed by atoms with Gasteiger partial charge in [0.2, 0.25) is 0 Å². The summed E-state index contributed by atoms with van der Waals surface area (Å²) in [6.07, 6.45) is 0. The topological polar surface area (TPSA) is 113 Å². The Labute approximate surface area is 190 Å². The molecule has 1 aliphatic rings. The van der Waals surface area contributed by atoms with Crippen LogP contribution >= 0.6 is 11.6 Å². The number of halogens is 1. The maximum atomic E-state index is 13.4. The summed E-state index contributed by atoms with van der Waals surface area (Å²) in [5.41, 5.74) is 3.43. The molecule has 11 heteroatoms. The number of amides is 1. The monoisotopic (exact) mass is 489 g/mol. The van der Waals surface area contributed by atoms with Gasteiger partial charge in [-0.25, -0.2) is 0 Å². The summed E-state index contributed by atoms with van der Waals surface area (Å²) >= 11 is 5.88. The first-order chi connectivity index (χ1) is 15.1. The molecule has 164 valence electrons. The van der Waals surface area contributed by atoms with Gasteiger partial charge < -0.3 is 0 Å². The van der Waals surface area contributed by atoms with Crippen molar-refractivity contribution in [3.8, 4) is 0 Å². The third-order valence-corrected chi connectivity index (χ3v) is 7.87. The fourth-order valence-electron chi connectivity index (χ4n) is 3.03. The van der Waals surface area contributed by atoms with Crippen molar-refractivity contribution in [2.75, 3.05) is 0 Å². The third-order valence-electron chi connectivity index (χ3n) is 4.67. The molecule has 0 bridgehead atoms. The number of rotatable bonds is 3. The Bertz CT molecular complexity index is 1450. The standard InChI is InChI=1S/C21H16ClN3O5S2/c1-14-6-12-17(13-7-14)32(29,30)25(21(26)15-8-10-16(22)11-9-15)23-20-18-4-2-3-5-19(18)31(27,28)24-20/h2-13H,1H3,(H,23,24).